The SMILES string of the molecule is Cc1cc(N2C(=S)NC(c3ccccn3)C2c2cc(C)n(Cc3ccco3)c2C)ccc1NC(=O)C(C)C. The summed E-state index contributed by atoms with van der Waals surface area (Å²) in [6.45, 7) is 10.7. The van der Waals surface area contributed by atoms with E-state index in [0.29, 0.717) is 11.7 Å². The zero-order valence-electron chi connectivity index (χ0n) is 22.4. The van der Waals surface area contributed by atoms with Gasteiger partial charge in [-0.05, 0) is 92.6 Å². The Morgan fingerprint density at radius 1 is 1.13 bits per heavy atom. The second kappa shape index (κ2) is 10.5. The van der Waals surface area contributed by atoms with Gasteiger partial charge in [-0.25, -0.2) is 0 Å². The Morgan fingerprint density at radius 2 is 1.95 bits per heavy atom. The van der Waals surface area contributed by atoms with Gasteiger partial charge in [-0.1, -0.05) is 19.9 Å². The van der Waals surface area contributed by atoms with Crippen LogP contribution in [-0.4, -0.2) is 20.6 Å². The average molecular weight is 528 g/mol. The number of carbonyl (C=O) groups is 1. The number of nitrogens with zero attached hydrogens (tertiary/aromatic N) is 3. The minimum atomic E-state index is -0.137. The molecule has 1 saturated heterocycles. The van der Waals surface area contributed by atoms with Gasteiger partial charge in [0.25, 0.3) is 0 Å². The second-order valence-electron chi connectivity index (χ2n) is 10.1. The number of rotatable bonds is 7. The first-order chi connectivity index (χ1) is 18.2. The fourth-order valence-corrected chi connectivity index (χ4v) is 5.44. The molecule has 0 radical (unpaired) electrons. The standard InChI is InChI=1S/C30H33N5O2S/c1-18(2)29(36)32-25-12-11-22(15-19(25)3)35-28(27(33-30(35)38)26-10-6-7-13-31-26)24-16-20(4)34(21(24)5)17-23-9-8-14-37-23/h6-16,18,27-28H,17H2,1-5H3,(H,32,36)(H,33,38). The van der Waals surface area contributed by atoms with Crippen molar-refractivity contribution in [3.05, 3.63) is 101 Å². The van der Waals surface area contributed by atoms with E-state index in [9.17, 15) is 4.79 Å². The molecule has 1 aliphatic heterocycles. The molecule has 4 heterocycles. The van der Waals surface area contributed by atoms with Crippen LogP contribution in [0.1, 0.15) is 59.9 Å². The van der Waals surface area contributed by atoms with Gasteiger partial charge in [-0.3, -0.25) is 9.78 Å². The van der Waals surface area contributed by atoms with Gasteiger partial charge in [0, 0.05) is 34.9 Å². The van der Waals surface area contributed by atoms with Gasteiger partial charge in [0.05, 0.1) is 30.6 Å². The van der Waals surface area contributed by atoms with Crippen molar-refractivity contribution in [2.24, 2.45) is 5.92 Å². The Bertz CT molecular complexity index is 1460. The highest BCUT2D eigenvalue weighted by atomic mass is 32.1. The van der Waals surface area contributed by atoms with Crippen molar-refractivity contribution in [3.8, 4) is 0 Å². The minimum Gasteiger partial charge on any atom is -0.467 e. The predicted octanol–water partition coefficient (Wildman–Crippen LogP) is 6.22. The van der Waals surface area contributed by atoms with Crippen LogP contribution in [0.5, 0.6) is 0 Å². The highest BCUT2D eigenvalue weighted by molar-refractivity contribution is 7.80. The maximum Gasteiger partial charge on any atom is 0.226 e. The molecule has 196 valence electrons. The molecule has 7 nitrogen and oxygen atoms in total. The van der Waals surface area contributed by atoms with Crippen molar-refractivity contribution < 1.29 is 9.21 Å². The summed E-state index contributed by atoms with van der Waals surface area (Å²) in [6, 6.07) is 17.9. The Balaban J connectivity index is 1.58. The molecule has 5 rings (SSSR count). The van der Waals surface area contributed by atoms with E-state index < -0.39 is 0 Å². The Morgan fingerprint density at radius 3 is 2.61 bits per heavy atom. The zero-order chi connectivity index (χ0) is 27.0. The van der Waals surface area contributed by atoms with Crippen LogP contribution in [0.4, 0.5) is 11.4 Å². The number of amides is 1. The molecule has 3 aromatic heterocycles. The molecule has 1 fully saturated rings. The van der Waals surface area contributed by atoms with Crippen molar-refractivity contribution >= 4 is 34.6 Å². The molecule has 4 aromatic rings. The third kappa shape index (κ3) is 4.84. The van der Waals surface area contributed by atoms with Crippen LogP contribution < -0.4 is 15.5 Å². The third-order valence-corrected chi connectivity index (χ3v) is 7.51. The number of pyridine rings is 1. The smallest absolute Gasteiger partial charge is 0.226 e. The van der Waals surface area contributed by atoms with E-state index in [0.717, 1.165) is 39.8 Å². The number of carbonyl (C=O) groups excluding carboxylic acids is 1. The molecule has 1 aliphatic rings. The fourth-order valence-electron chi connectivity index (χ4n) is 5.09. The molecule has 0 bridgehead atoms. The summed E-state index contributed by atoms with van der Waals surface area (Å²) < 4.78 is 7.92. The Labute approximate surface area is 228 Å². The van der Waals surface area contributed by atoms with Crippen molar-refractivity contribution in [1.82, 2.24) is 14.9 Å². The first kappa shape index (κ1) is 25.7. The largest absolute Gasteiger partial charge is 0.467 e. The average Bonchev–Trinajstić information content (AvgIpc) is 3.60. The molecule has 8 heteroatoms. The summed E-state index contributed by atoms with van der Waals surface area (Å²) in [7, 11) is 0. The molecular formula is C30H33N5O2S. The van der Waals surface area contributed by atoms with Crippen LogP contribution in [0.15, 0.2) is 71.5 Å². The van der Waals surface area contributed by atoms with Gasteiger partial charge >= 0.3 is 0 Å². The molecule has 38 heavy (non-hydrogen) atoms. The van der Waals surface area contributed by atoms with Gasteiger partial charge in [0.1, 0.15) is 5.76 Å². The van der Waals surface area contributed by atoms with E-state index in [1.807, 2.05) is 69.4 Å². The lowest BCUT2D eigenvalue weighted by Gasteiger charge is -2.29. The summed E-state index contributed by atoms with van der Waals surface area (Å²) in [5, 5.41) is 7.22. The summed E-state index contributed by atoms with van der Waals surface area (Å²) >= 11 is 5.93. The van der Waals surface area contributed by atoms with Crippen molar-refractivity contribution in [1.29, 1.82) is 0 Å². The molecule has 1 amide bonds. The lowest BCUT2D eigenvalue weighted by Crippen LogP contribution is -2.29. The maximum absolute atomic E-state index is 12.3. The third-order valence-electron chi connectivity index (χ3n) is 7.19. The lowest BCUT2D eigenvalue weighted by atomic mass is 9.96. The van der Waals surface area contributed by atoms with Crippen molar-refractivity contribution in [2.75, 3.05) is 10.2 Å². The Kier molecular flexibility index (Phi) is 7.08. The summed E-state index contributed by atoms with van der Waals surface area (Å²) in [6.07, 6.45) is 3.52. The van der Waals surface area contributed by atoms with Crippen molar-refractivity contribution in [2.45, 2.75) is 53.2 Å². The van der Waals surface area contributed by atoms with Crippen molar-refractivity contribution in [3.63, 3.8) is 0 Å². The predicted molar refractivity (Wildman–Crippen MR) is 154 cm³/mol. The lowest BCUT2D eigenvalue weighted by molar-refractivity contribution is -0.118. The number of furan rings is 1. The fraction of sp³-hybridized carbons (Fsp3) is 0.300. The zero-order valence-corrected chi connectivity index (χ0v) is 23.2. The topological polar surface area (TPSA) is 75.3 Å². The maximum atomic E-state index is 12.3. The molecule has 2 N–H and O–H groups in total. The quantitative estimate of drug-likeness (QED) is 0.278. The van der Waals surface area contributed by atoms with Gasteiger partial charge in [-0.2, -0.15) is 0 Å². The number of aromatic nitrogens is 2. The first-order valence-corrected chi connectivity index (χ1v) is 13.3. The molecule has 2 atom stereocenters. The number of hydrogen-bond acceptors (Lipinski definition) is 4. The molecule has 0 aliphatic carbocycles. The number of anilines is 2. The van der Waals surface area contributed by atoms with Crippen LogP contribution in [0.3, 0.4) is 0 Å². The molecular weight excluding hydrogens is 494 g/mol. The minimum absolute atomic E-state index is 0.00343. The van der Waals surface area contributed by atoms with Crippen LogP contribution in [0.25, 0.3) is 0 Å². The summed E-state index contributed by atoms with van der Waals surface area (Å²) in [5.41, 5.74) is 7.14. The van der Waals surface area contributed by atoms with E-state index in [2.05, 4.69) is 51.1 Å². The number of benzene rings is 1. The van der Waals surface area contributed by atoms with E-state index in [-0.39, 0.29) is 23.9 Å². The van der Waals surface area contributed by atoms with E-state index in [4.69, 9.17) is 16.6 Å². The van der Waals surface area contributed by atoms with E-state index in [1.54, 1.807) is 6.26 Å². The number of nitrogens with one attached hydrogen (secondary N) is 2. The highest BCUT2D eigenvalue weighted by Crippen LogP contribution is 2.44. The number of aryl methyl sites for hydroxylation is 2. The highest BCUT2D eigenvalue weighted by Gasteiger charge is 2.42. The van der Waals surface area contributed by atoms with Crippen LogP contribution in [0.2, 0.25) is 0 Å². The normalized spacial score (nSPS) is 17.2. The second-order valence-corrected chi connectivity index (χ2v) is 10.5. The Hall–Kier alpha value is -3.91. The molecule has 1 aromatic carbocycles. The summed E-state index contributed by atoms with van der Waals surface area (Å²) in [5.74, 6) is 0.812. The monoisotopic (exact) mass is 527 g/mol. The van der Waals surface area contributed by atoms with Gasteiger partial charge in [0.2, 0.25) is 5.91 Å². The molecule has 0 spiro atoms. The van der Waals surface area contributed by atoms with Crippen LogP contribution >= 0.6 is 12.2 Å². The van der Waals surface area contributed by atoms with Gasteiger partial charge < -0.3 is 24.5 Å². The summed E-state index contributed by atoms with van der Waals surface area (Å²) in [4.78, 5) is 19.2. The molecule has 0 saturated carbocycles. The van der Waals surface area contributed by atoms with Crippen LogP contribution in [-0.2, 0) is 11.3 Å². The molecule has 2 unspecified atom stereocenters. The van der Waals surface area contributed by atoms with E-state index >= 15 is 0 Å². The number of hydrogen-bond donors (Lipinski definition) is 2. The van der Waals surface area contributed by atoms with Crippen LogP contribution in [0, 0.1) is 26.7 Å². The van der Waals surface area contributed by atoms with Gasteiger partial charge in [-0.15, -0.1) is 0 Å². The first-order valence-electron chi connectivity index (χ1n) is 12.9. The van der Waals surface area contributed by atoms with E-state index in [1.165, 1.54) is 5.56 Å². The number of thiocarbonyl (C=S) groups is 1. The van der Waals surface area contributed by atoms with Gasteiger partial charge in [0.15, 0.2) is 5.11 Å².